The first kappa shape index (κ1) is 17.0. The molecular formula is C20H16BrFN2O2. The summed E-state index contributed by atoms with van der Waals surface area (Å²) in [6, 6.07) is 13.9. The summed E-state index contributed by atoms with van der Waals surface area (Å²) in [6.07, 6.45) is 1.04. The maximum absolute atomic E-state index is 13.1. The Balaban J connectivity index is 1.49. The van der Waals surface area contributed by atoms with E-state index < -0.39 is 0 Å². The van der Waals surface area contributed by atoms with E-state index in [1.165, 1.54) is 12.1 Å². The van der Waals surface area contributed by atoms with Crippen molar-refractivity contribution in [1.82, 2.24) is 10.1 Å². The first-order valence-corrected chi connectivity index (χ1v) is 9.15. The number of benzene rings is 2. The first-order chi connectivity index (χ1) is 12.6. The molecule has 0 spiro atoms. The summed E-state index contributed by atoms with van der Waals surface area (Å²) < 4.78 is 19.6. The molecule has 4 rings (SSSR count). The van der Waals surface area contributed by atoms with Crippen LogP contribution < -0.4 is 0 Å². The van der Waals surface area contributed by atoms with E-state index in [-0.39, 0.29) is 11.7 Å². The van der Waals surface area contributed by atoms with E-state index in [9.17, 15) is 9.18 Å². The fourth-order valence-electron chi connectivity index (χ4n) is 3.16. The van der Waals surface area contributed by atoms with Crippen molar-refractivity contribution in [2.75, 3.05) is 6.54 Å². The third-order valence-electron chi connectivity index (χ3n) is 4.57. The second kappa shape index (κ2) is 7.03. The van der Waals surface area contributed by atoms with Crippen molar-refractivity contribution in [3.05, 3.63) is 75.6 Å². The van der Waals surface area contributed by atoms with Gasteiger partial charge in [-0.2, -0.15) is 0 Å². The molecule has 0 fully saturated rings. The van der Waals surface area contributed by atoms with E-state index in [4.69, 9.17) is 4.52 Å². The van der Waals surface area contributed by atoms with Gasteiger partial charge in [0.15, 0.2) is 5.76 Å². The maximum atomic E-state index is 13.1. The van der Waals surface area contributed by atoms with Crippen LogP contribution in [-0.2, 0) is 24.2 Å². The van der Waals surface area contributed by atoms with Crippen molar-refractivity contribution >= 4 is 21.8 Å². The quantitative estimate of drug-likeness (QED) is 0.638. The Kier molecular flexibility index (Phi) is 4.59. The van der Waals surface area contributed by atoms with E-state index >= 15 is 0 Å². The van der Waals surface area contributed by atoms with Crippen molar-refractivity contribution in [3.8, 4) is 11.3 Å². The predicted octanol–water partition coefficient (Wildman–Crippen LogP) is 4.37. The number of hydrogen-bond donors (Lipinski definition) is 0. The average molecular weight is 415 g/mol. The van der Waals surface area contributed by atoms with E-state index in [0.29, 0.717) is 31.7 Å². The molecule has 0 unspecified atom stereocenters. The molecule has 0 saturated heterocycles. The highest BCUT2D eigenvalue weighted by atomic mass is 79.9. The number of fused-ring (bicyclic) bond motifs is 1. The van der Waals surface area contributed by atoms with Crippen LogP contribution in [0.5, 0.6) is 0 Å². The molecule has 1 aromatic heterocycles. The Labute approximate surface area is 158 Å². The van der Waals surface area contributed by atoms with Crippen LogP contribution in [0.15, 0.2) is 57.5 Å². The summed E-state index contributed by atoms with van der Waals surface area (Å²) in [5, 5.41) is 4.14. The number of carbonyl (C=O) groups excluding carboxylic acids is 1. The van der Waals surface area contributed by atoms with Crippen molar-refractivity contribution in [2.45, 2.75) is 19.4 Å². The Hall–Kier alpha value is -2.47. The van der Waals surface area contributed by atoms with E-state index in [0.717, 1.165) is 26.9 Å². The molecule has 0 aliphatic carbocycles. The van der Waals surface area contributed by atoms with Crippen LogP contribution in [0.3, 0.4) is 0 Å². The molecular weight excluding hydrogens is 399 g/mol. The molecule has 0 N–H and O–H groups in total. The number of halogens is 2. The largest absolute Gasteiger partial charge is 0.356 e. The van der Waals surface area contributed by atoms with Gasteiger partial charge in [0.1, 0.15) is 11.5 Å². The molecule has 0 saturated carbocycles. The average Bonchev–Trinajstić information content (AvgIpc) is 3.07. The Morgan fingerprint density at radius 3 is 2.62 bits per heavy atom. The lowest BCUT2D eigenvalue weighted by atomic mass is 10.00. The van der Waals surface area contributed by atoms with Gasteiger partial charge >= 0.3 is 0 Å². The van der Waals surface area contributed by atoms with Crippen LogP contribution >= 0.6 is 15.9 Å². The third-order valence-corrected chi connectivity index (χ3v) is 5.10. The van der Waals surface area contributed by atoms with Gasteiger partial charge < -0.3 is 9.42 Å². The minimum atomic E-state index is -0.285. The van der Waals surface area contributed by atoms with E-state index in [2.05, 4.69) is 21.1 Å². The van der Waals surface area contributed by atoms with Crippen LogP contribution in [0.25, 0.3) is 11.3 Å². The highest BCUT2D eigenvalue weighted by Crippen LogP contribution is 2.30. The Morgan fingerprint density at radius 1 is 1.15 bits per heavy atom. The predicted molar refractivity (Wildman–Crippen MR) is 98.9 cm³/mol. The normalized spacial score (nSPS) is 13.5. The highest BCUT2D eigenvalue weighted by Gasteiger charge is 2.27. The molecule has 4 nitrogen and oxygen atoms in total. The van der Waals surface area contributed by atoms with Gasteiger partial charge in [0.25, 0.3) is 0 Å². The van der Waals surface area contributed by atoms with Crippen LogP contribution in [0, 0.1) is 5.82 Å². The maximum Gasteiger partial charge on any atom is 0.227 e. The molecule has 26 heavy (non-hydrogen) atoms. The molecule has 6 heteroatoms. The highest BCUT2D eigenvalue weighted by molar-refractivity contribution is 9.10. The summed E-state index contributed by atoms with van der Waals surface area (Å²) in [7, 11) is 0. The molecule has 1 aliphatic rings. The smallest absolute Gasteiger partial charge is 0.227 e. The molecule has 0 bridgehead atoms. The summed E-state index contributed by atoms with van der Waals surface area (Å²) in [5.41, 5.74) is 3.56. The molecule has 0 atom stereocenters. The van der Waals surface area contributed by atoms with Gasteiger partial charge in [-0.25, -0.2) is 4.39 Å². The zero-order chi connectivity index (χ0) is 18.1. The fourth-order valence-corrected chi connectivity index (χ4v) is 3.42. The number of rotatable bonds is 3. The molecule has 2 aromatic carbocycles. The van der Waals surface area contributed by atoms with E-state index in [1.807, 2.05) is 24.3 Å². The Bertz CT molecular complexity index is 935. The number of nitrogens with zero attached hydrogens (tertiary/aromatic N) is 2. The topological polar surface area (TPSA) is 46.3 Å². The standard InChI is InChI=1S/C20H16BrFN2O2/c21-15-5-1-13(2-6-15)11-19(25)24-10-9-17-18(12-24)23-26-20(17)14-3-7-16(22)8-4-14/h1-8H,9-12H2. The van der Waals surface area contributed by atoms with Crippen molar-refractivity contribution in [3.63, 3.8) is 0 Å². The van der Waals surface area contributed by atoms with Gasteiger partial charge in [0.2, 0.25) is 5.91 Å². The Morgan fingerprint density at radius 2 is 1.88 bits per heavy atom. The second-order valence-corrected chi connectivity index (χ2v) is 7.23. The molecule has 1 amide bonds. The van der Waals surface area contributed by atoms with Crippen molar-refractivity contribution in [2.24, 2.45) is 0 Å². The van der Waals surface area contributed by atoms with Crippen LogP contribution in [0.2, 0.25) is 0 Å². The summed E-state index contributed by atoms with van der Waals surface area (Å²) in [6.45, 7) is 1.06. The SMILES string of the molecule is O=C(Cc1ccc(Br)cc1)N1CCc2c(noc2-c2ccc(F)cc2)C1. The van der Waals surface area contributed by atoms with Gasteiger partial charge in [0, 0.05) is 22.1 Å². The minimum absolute atomic E-state index is 0.0734. The van der Waals surface area contributed by atoms with Gasteiger partial charge in [-0.3, -0.25) is 4.79 Å². The zero-order valence-corrected chi connectivity index (χ0v) is 15.5. The fraction of sp³-hybridized carbons (Fsp3) is 0.200. The monoisotopic (exact) mass is 414 g/mol. The van der Waals surface area contributed by atoms with Gasteiger partial charge in [-0.1, -0.05) is 33.2 Å². The summed E-state index contributed by atoms with van der Waals surface area (Å²) in [5.74, 6) is 0.455. The van der Waals surface area contributed by atoms with Gasteiger partial charge in [-0.05, 0) is 48.4 Å². The number of hydrogen-bond acceptors (Lipinski definition) is 3. The number of amides is 1. The molecule has 3 aromatic rings. The van der Waals surface area contributed by atoms with E-state index in [1.54, 1.807) is 17.0 Å². The molecule has 2 heterocycles. The second-order valence-electron chi connectivity index (χ2n) is 6.31. The molecule has 132 valence electrons. The zero-order valence-electron chi connectivity index (χ0n) is 13.9. The van der Waals surface area contributed by atoms with Crippen LogP contribution in [0.1, 0.15) is 16.8 Å². The first-order valence-electron chi connectivity index (χ1n) is 8.36. The van der Waals surface area contributed by atoms with Crippen LogP contribution in [0.4, 0.5) is 4.39 Å². The van der Waals surface area contributed by atoms with Gasteiger partial charge in [-0.15, -0.1) is 0 Å². The summed E-state index contributed by atoms with van der Waals surface area (Å²) in [4.78, 5) is 14.4. The minimum Gasteiger partial charge on any atom is -0.356 e. The molecule has 1 aliphatic heterocycles. The van der Waals surface area contributed by atoms with Crippen molar-refractivity contribution < 1.29 is 13.7 Å². The lowest BCUT2D eigenvalue weighted by molar-refractivity contribution is -0.131. The summed E-state index contributed by atoms with van der Waals surface area (Å²) >= 11 is 3.40. The van der Waals surface area contributed by atoms with Crippen molar-refractivity contribution in [1.29, 1.82) is 0 Å². The van der Waals surface area contributed by atoms with Crippen LogP contribution in [-0.4, -0.2) is 22.5 Å². The van der Waals surface area contributed by atoms with Gasteiger partial charge in [0.05, 0.1) is 13.0 Å². The molecule has 0 radical (unpaired) electrons. The number of carbonyl (C=O) groups is 1. The number of aromatic nitrogens is 1. The lowest BCUT2D eigenvalue weighted by Gasteiger charge is -2.26. The lowest BCUT2D eigenvalue weighted by Crippen LogP contribution is -2.36. The third kappa shape index (κ3) is 3.42.